The monoisotopic (exact) mass is 479 g/mol. The number of piperazine rings is 1. The molecule has 2 aromatic rings. The van der Waals surface area contributed by atoms with Gasteiger partial charge in [0, 0.05) is 43.3 Å². The molecule has 0 bridgehead atoms. The highest BCUT2D eigenvalue weighted by Gasteiger charge is 2.34. The summed E-state index contributed by atoms with van der Waals surface area (Å²) in [5.74, 6) is 0. The standard InChI is InChI=1S/C16H15Cl2N3O6S2/c17-12-1-6-15(18)16(11-12)29(26,27)20-9-7-19(8-10-20)28(24,25)14-4-2-13(3-5-14)21(22)23/h1-6,11H,7-10H2. The zero-order chi connectivity index (χ0) is 21.4. The van der Waals surface area contributed by atoms with Gasteiger partial charge in [-0.05, 0) is 30.3 Å². The number of nitro groups is 1. The van der Waals surface area contributed by atoms with Crippen LogP contribution in [0.3, 0.4) is 0 Å². The summed E-state index contributed by atoms with van der Waals surface area (Å²) in [5.41, 5.74) is -0.224. The molecule has 1 fully saturated rings. The van der Waals surface area contributed by atoms with E-state index in [1.54, 1.807) is 0 Å². The van der Waals surface area contributed by atoms with Crippen molar-refractivity contribution in [2.45, 2.75) is 9.79 Å². The summed E-state index contributed by atoms with van der Waals surface area (Å²) in [6, 6.07) is 8.62. The first-order valence-corrected chi connectivity index (χ1v) is 11.9. The molecule has 156 valence electrons. The van der Waals surface area contributed by atoms with Crippen LogP contribution in [-0.4, -0.2) is 56.5 Å². The maximum absolute atomic E-state index is 12.8. The Balaban J connectivity index is 1.77. The van der Waals surface area contributed by atoms with E-state index < -0.39 is 25.0 Å². The third kappa shape index (κ3) is 4.39. The van der Waals surface area contributed by atoms with Crippen LogP contribution >= 0.6 is 23.2 Å². The van der Waals surface area contributed by atoms with Crippen LogP contribution in [0.25, 0.3) is 0 Å². The van der Waals surface area contributed by atoms with Gasteiger partial charge in [-0.3, -0.25) is 10.1 Å². The lowest BCUT2D eigenvalue weighted by Gasteiger charge is -2.33. The lowest BCUT2D eigenvalue weighted by Crippen LogP contribution is -2.50. The van der Waals surface area contributed by atoms with Gasteiger partial charge in [-0.2, -0.15) is 8.61 Å². The molecule has 2 aromatic carbocycles. The van der Waals surface area contributed by atoms with Gasteiger partial charge < -0.3 is 0 Å². The van der Waals surface area contributed by atoms with Gasteiger partial charge in [-0.1, -0.05) is 23.2 Å². The molecule has 1 saturated heterocycles. The fraction of sp³-hybridized carbons (Fsp3) is 0.250. The maximum atomic E-state index is 12.8. The van der Waals surface area contributed by atoms with E-state index in [9.17, 15) is 26.9 Å². The Labute approximate surface area is 177 Å². The third-order valence-corrected chi connectivity index (χ3v) is 8.92. The molecule has 0 saturated carbocycles. The van der Waals surface area contributed by atoms with Crippen LogP contribution in [0.4, 0.5) is 5.69 Å². The highest BCUT2D eigenvalue weighted by molar-refractivity contribution is 7.89. The van der Waals surface area contributed by atoms with Crippen LogP contribution in [0.2, 0.25) is 10.0 Å². The summed E-state index contributed by atoms with van der Waals surface area (Å²) in [6.45, 7) is -0.289. The number of sulfonamides is 2. The number of rotatable bonds is 5. The Morgan fingerprint density at radius 3 is 1.86 bits per heavy atom. The Morgan fingerprint density at radius 1 is 0.828 bits per heavy atom. The molecule has 29 heavy (non-hydrogen) atoms. The molecular formula is C16H15Cl2N3O6S2. The average molecular weight is 480 g/mol. The molecule has 1 heterocycles. The zero-order valence-corrected chi connectivity index (χ0v) is 17.9. The second-order valence-electron chi connectivity index (χ2n) is 6.13. The van der Waals surface area contributed by atoms with E-state index in [4.69, 9.17) is 23.2 Å². The minimum absolute atomic E-state index is 0.0235. The van der Waals surface area contributed by atoms with Crippen molar-refractivity contribution in [2.24, 2.45) is 0 Å². The molecule has 13 heteroatoms. The molecule has 0 radical (unpaired) electrons. The van der Waals surface area contributed by atoms with Gasteiger partial charge in [0.2, 0.25) is 20.0 Å². The quantitative estimate of drug-likeness (QED) is 0.480. The molecule has 0 amide bonds. The van der Waals surface area contributed by atoms with Gasteiger partial charge >= 0.3 is 0 Å². The van der Waals surface area contributed by atoms with Crippen LogP contribution < -0.4 is 0 Å². The molecule has 0 aromatic heterocycles. The van der Waals surface area contributed by atoms with Gasteiger partial charge in [-0.15, -0.1) is 0 Å². The second kappa shape index (κ2) is 8.17. The minimum Gasteiger partial charge on any atom is -0.258 e. The topological polar surface area (TPSA) is 118 Å². The van der Waals surface area contributed by atoms with E-state index in [0.29, 0.717) is 0 Å². The summed E-state index contributed by atoms with van der Waals surface area (Å²) in [7, 11) is -7.85. The fourth-order valence-electron chi connectivity index (χ4n) is 2.85. The van der Waals surface area contributed by atoms with Crippen molar-refractivity contribution in [2.75, 3.05) is 26.2 Å². The van der Waals surface area contributed by atoms with Gasteiger partial charge in [0.05, 0.1) is 14.8 Å². The molecule has 0 N–H and O–H groups in total. The molecule has 9 nitrogen and oxygen atoms in total. The normalized spacial score (nSPS) is 16.6. The largest absolute Gasteiger partial charge is 0.269 e. The number of nitro benzene ring substituents is 1. The van der Waals surface area contributed by atoms with Crippen LogP contribution in [-0.2, 0) is 20.0 Å². The van der Waals surface area contributed by atoms with E-state index in [1.807, 2.05) is 0 Å². The van der Waals surface area contributed by atoms with E-state index in [1.165, 1.54) is 18.2 Å². The van der Waals surface area contributed by atoms with Gasteiger partial charge in [0.1, 0.15) is 4.90 Å². The zero-order valence-electron chi connectivity index (χ0n) is 14.7. The Bertz CT molecular complexity index is 1150. The van der Waals surface area contributed by atoms with E-state index in [-0.39, 0.29) is 51.7 Å². The van der Waals surface area contributed by atoms with Crippen LogP contribution in [0, 0.1) is 10.1 Å². The van der Waals surface area contributed by atoms with E-state index >= 15 is 0 Å². The van der Waals surface area contributed by atoms with Crippen molar-refractivity contribution >= 4 is 48.9 Å². The molecule has 3 rings (SSSR count). The van der Waals surface area contributed by atoms with Crippen LogP contribution in [0.5, 0.6) is 0 Å². The maximum Gasteiger partial charge on any atom is 0.269 e. The van der Waals surface area contributed by atoms with Crippen LogP contribution in [0.15, 0.2) is 52.3 Å². The number of halogens is 2. The SMILES string of the molecule is O=[N+]([O-])c1ccc(S(=O)(=O)N2CCN(S(=O)(=O)c3cc(Cl)ccc3Cl)CC2)cc1. The van der Waals surface area contributed by atoms with Crippen molar-refractivity contribution in [1.29, 1.82) is 0 Å². The van der Waals surface area contributed by atoms with Crippen molar-refractivity contribution in [3.05, 3.63) is 62.6 Å². The first kappa shape index (κ1) is 21.9. The molecule has 0 spiro atoms. The molecule has 0 unspecified atom stereocenters. The predicted molar refractivity (Wildman–Crippen MR) is 107 cm³/mol. The second-order valence-corrected chi connectivity index (χ2v) is 10.8. The van der Waals surface area contributed by atoms with E-state index in [0.717, 1.165) is 32.9 Å². The lowest BCUT2D eigenvalue weighted by atomic mass is 10.3. The van der Waals surface area contributed by atoms with Crippen molar-refractivity contribution in [3.8, 4) is 0 Å². The van der Waals surface area contributed by atoms with Gasteiger partial charge in [-0.25, -0.2) is 16.8 Å². The molecule has 1 aliphatic heterocycles. The summed E-state index contributed by atoms with van der Waals surface area (Å²) >= 11 is 11.9. The molecule has 1 aliphatic rings. The number of nitrogens with zero attached hydrogens (tertiary/aromatic N) is 3. The minimum atomic E-state index is -3.94. The Hall–Kier alpha value is -1.76. The average Bonchev–Trinajstić information content (AvgIpc) is 2.70. The molecule has 0 atom stereocenters. The summed E-state index contributed by atoms with van der Waals surface area (Å²) in [4.78, 5) is 9.86. The highest BCUT2D eigenvalue weighted by atomic mass is 35.5. The summed E-state index contributed by atoms with van der Waals surface area (Å²) in [5, 5.41) is 11.0. The molecule has 0 aliphatic carbocycles. The number of hydrogen-bond donors (Lipinski definition) is 0. The van der Waals surface area contributed by atoms with Crippen molar-refractivity contribution in [3.63, 3.8) is 0 Å². The smallest absolute Gasteiger partial charge is 0.258 e. The fourth-order valence-corrected chi connectivity index (χ4v) is 6.43. The predicted octanol–water partition coefficient (Wildman–Crippen LogP) is 2.60. The van der Waals surface area contributed by atoms with Crippen molar-refractivity contribution in [1.82, 2.24) is 8.61 Å². The number of hydrogen-bond acceptors (Lipinski definition) is 6. The van der Waals surface area contributed by atoms with E-state index in [2.05, 4.69) is 0 Å². The third-order valence-electron chi connectivity index (χ3n) is 4.39. The number of benzene rings is 2. The highest BCUT2D eigenvalue weighted by Crippen LogP contribution is 2.29. The van der Waals surface area contributed by atoms with Crippen LogP contribution in [0.1, 0.15) is 0 Å². The Kier molecular flexibility index (Phi) is 6.18. The number of non-ortho nitro benzene ring substituents is 1. The van der Waals surface area contributed by atoms with Gasteiger partial charge in [0.25, 0.3) is 5.69 Å². The summed E-state index contributed by atoms with van der Waals surface area (Å²) in [6.07, 6.45) is 0. The first-order valence-electron chi connectivity index (χ1n) is 8.23. The lowest BCUT2D eigenvalue weighted by molar-refractivity contribution is -0.384. The molecular weight excluding hydrogens is 465 g/mol. The Morgan fingerprint density at radius 2 is 1.34 bits per heavy atom. The summed E-state index contributed by atoms with van der Waals surface area (Å²) < 4.78 is 53.4. The van der Waals surface area contributed by atoms with Gasteiger partial charge in [0.15, 0.2) is 0 Å². The van der Waals surface area contributed by atoms with Crippen molar-refractivity contribution < 1.29 is 21.8 Å². The first-order chi connectivity index (χ1) is 13.5.